The number of rotatable bonds is 45. The molecule has 0 radical (unpaired) electrons. The van der Waals surface area contributed by atoms with Crippen molar-refractivity contribution in [2.24, 2.45) is 0 Å². The fraction of sp³-hybridized carbons (Fsp3) is 0.815. The molecular weight excluding hydrogens is 1030 g/mol. The van der Waals surface area contributed by atoms with Crippen molar-refractivity contribution in [2.45, 2.75) is 284 Å². The first-order valence-corrected chi connectivity index (χ1v) is 31.4. The molecule has 0 N–H and O–H groups in total. The average molecular weight is 1130 g/mol. The minimum atomic E-state index is 0. The summed E-state index contributed by atoms with van der Waals surface area (Å²) in [5.41, 5.74) is 0. The van der Waals surface area contributed by atoms with E-state index in [0.717, 1.165) is 0 Å². The van der Waals surface area contributed by atoms with Crippen molar-refractivity contribution in [1.29, 1.82) is 0 Å². The highest BCUT2D eigenvalue weighted by atomic mass is 128. The molecule has 0 aromatic rings. The predicted molar refractivity (Wildman–Crippen MR) is 297 cm³/mol. The van der Waals surface area contributed by atoms with Crippen LogP contribution in [0, 0.1) is 0 Å². The maximum absolute atomic E-state index is 3.78. The smallest absolute Gasteiger partial charge is 0 e. The number of halogens is 3. The van der Waals surface area contributed by atoms with Crippen molar-refractivity contribution in [3.05, 3.63) is 61.8 Å². The lowest BCUT2D eigenvalue weighted by Gasteiger charge is -2.03. The van der Waals surface area contributed by atoms with E-state index in [4.69, 9.17) is 0 Å². The Kier molecular flexibility index (Phi) is 77.7. The zero-order valence-corrected chi connectivity index (χ0v) is 45.5. The van der Waals surface area contributed by atoms with Crippen LogP contribution >= 0.6 is 61.2 Å². The Morgan fingerprint density at radius 3 is 0.667 bits per heavy atom. The van der Waals surface area contributed by atoms with Gasteiger partial charge in [0.15, 0.2) is 0 Å². The lowest BCUT2D eigenvalue weighted by Crippen LogP contribution is -1.83. The minimum absolute atomic E-state index is 0. The van der Waals surface area contributed by atoms with Crippen LogP contribution in [0.5, 0.6) is 0 Å². The molecule has 0 bridgehead atoms. The van der Waals surface area contributed by atoms with Crippen molar-refractivity contribution in [2.75, 3.05) is 0 Å². The Bertz CT molecular complexity index is 754. The van der Waals surface area contributed by atoms with E-state index in [1.54, 1.807) is 0 Å². The quantitative estimate of drug-likeness (QED) is 0.0247. The number of allylic oxidation sites excluding steroid dienone is 8. The molecule has 0 heterocycles. The molecule has 0 amide bonds. The van der Waals surface area contributed by atoms with Gasteiger partial charge in [0.05, 0.1) is 0 Å². The van der Waals surface area contributed by atoms with E-state index >= 15 is 0 Å². The van der Waals surface area contributed by atoms with Gasteiger partial charge in [0.1, 0.15) is 0 Å². The SMILES string of the molecule is C=CCCCCCCCCCCCCCCC/C=C\C=C/CCCCCC.C=CCCCCCCCCCCCCCCC/C=C\CCCCCCCC.I.II. The second-order valence-electron chi connectivity index (χ2n) is 16.7. The maximum Gasteiger partial charge on any atom is 0 e. The molecule has 0 aromatic heterocycles. The van der Waals surface area contributed by atoms with Crippen LogP contribution in [0.15, 0.2) is 61.8 Å². The summed E-state index contributed by atoms with van der Waals surface area (Å²) >= 11 is 4.24. The van der Waals surface area contributed by atoms with E-state index < -0.39 is 0 Å². The van der Waals surface area contributed by atoms with Gasteiger partial charge in [-0.2, -0.15) is 0 Å². The van der Waals surface area contributed by atoms with Crippen LogP contribution in [0.2, 0.25) is 0 Å². The third-order valence-electron chi connectivity index (χ3n) is 11.1. The Labute approximate surface area is 402 Å². The van der Waals surface area contributed by atoms with E-state index in [0.29, 0.717) is 0 Å². The van der Waals surface area contributed by atoms with Crippen LogP contribution < -0.4 is 0 Å². The normalized spacial score (nSPS) is 11.1. The Morgan fingerprint density at radius 2 is 0.439 bits per heavy atom. The largest absolute Gasteiger partial charge is 0.107 e. The first-order valence-electron chi connectivity index (χ1n) is 25.2. The van der Waals surface area contributed by atoms with Gasteiger partial charge in [-0.1, -0.05) is 255 Å². The fourth-order valence-electron chi connectivity index (χ4n) is 7.31. The highest BCUT2D eigenvalue weighted by Gasteiger charge is 1.96. The zero-order valence-electron chi connectivity index (χ0n) is 38.9. The Balaban J connectivity index is -0.000000464. The monoisotopic (exact) mass is 1130 g/mol. The molecule has 0 aromatic carbocycles. The van der Waals surface area contributed by atoms with Crippen LogP contribution in [0.25, 0.3) is 0 Å². The summed E-state index contributed by atoms with van der Waals surface area (Å²) in [6, 6.07) is 0. The standard InChI is InChI=1S/C27H52.C27H50.I2.HI/c2*1-3-5-7-9-11-13-15-17-19-21-23-25-27-26-24-22-20-18-16-14-12-10-8-6-4-2;1-2;/h3,18,20H,1,4-17,19,21-27H2,2H3;3,14,16,18,20H,1,4-13,15,17,19,21-27H2,2H3;;1H/b20-18-;16-14-,20-18-;;. The van der Waals surface area contributed by atoms with Gasteiger partial charge in [-0.25, -0.2) is 0 Å². The third-order valence-corrected chi connectivity index (χ3v) is 11.1. The van der Waals surface area contributed by atoms with Gasteiger partial charge in [-0.15, -0.1) is 37.1 Å². The van der Waals surface area contributed by atoms with Gasteiger partial charge in [0, 0.05) is 37.2 Å². The maximum atomic E-state index is 3.78. The van der Waals surface area contributed by atoms with Crippen molar-refractivity contribution in [1.82, 2.24) is 0 Å². The Morgan fingerprint density at radius 1 is 0.263 bits per heavy atom. The summed E-state index contributed by atoms with van der Waals surface area (Å²) in [6.07, 6.45) is 76.9. The summed E-state index contributed by atoms with van der Waals surface area (Å²) in [7, 11) is 0. The lowest BCUT2D eigenvalue weighted by atomic mass is 10.0. The molecule has 0 unspecified atom stereocenters. The van der Waals surface area contributed by atoms with Gasteiger partial charge >= 0.3 is 0 Å². The first kappa shape index (κ1) is 64.5. The predicted octanol–water partition coefficient (Wildman–Crippen LogP) is 22.8. The van der Waals surface area contributed by atoms with E-state index in [-0.39, 0.29) is 24.0 Å². The van der Waals surface area contributed by atoms with Gasteiger partial charge < -0.3 is 0 Å². The van der Waals surface area contributed by atoms with E-state index in [1.807, 2.05) is 12.2 Å². The van der Waals surface area contributed by atoms with Gasteiger partial charge in [-0.3, -0.25) is 0 Å². The van der Waals surface area contributed by atoms with E-state index in [9.17, 15) is 0 Å². The summed E-state index contributed by atoms with van der Waals surface area (Å²) in [6.45, 7) is 12.1. The summed E-state index contributed by atoms with van der Waals surface area (Å²) < 4.78 is 0. The molecule has 0 aliphatic carbocycles. The molecular formula is C54H103I3. The third kappa shape index (κ3) is 71.7. The van der Waals surface area contributed by atoms with Crippen LogP contribution in [0.3, 0.4) is 0 Å². The Hall–Kier alpha value is 0.890. The molecule has 57 heavy (non-hydrogen) atoms. The molecule has 3 heteroatoms. The molecule has 0 saturated heterocycles. The number of hydrogen-bond acceptors (Lipinski definition) is 0. The molecule has 0 aliphatic rings. The van der Waals surface area contributed by atoms with Crippen molar-refractivity contribution in [3.63, 3.8) is 0 Å². The van der Waals surface area contributed by atoms with Crippen molar-refractivity contribution < 1.29 is 0 Å². The number of hydrogen-bond donors (Lipinski definition) is 0. The molecule has 0 nitrogen and oxygen atoms in total. The average Bonchev–Trinajstić information content (AvgIpc) is 3.22. The van der Waals surface area contributed by atoms with Crippen LogP contribution in [-0.4, -0.2) is 0 Å². The summed E-state index contributed by atoms with van der Waals surface area (Å²) in [4.78, 5) is 0. The molecule has 0 atom stereocenters. The lowest BCUT2D eigenvalue weighted by molar-refractivity contribution is 0.538. The first-order chi connectivity index (χ1) is 27.8. The molecule has 0 aliphatic heterocycles. The van der Waals surface area contributed by atoms with E-state index in [2.05, 4.69) is 101 Å². The summed E-state index contributed by atoms with van der Waals surface area (Å²) in [5, 5.41) is 0. The fourth-order valence-corrected chi connectivity index (χ4v) is 7.31. The topological polar surface area (TPSA) is 0 Å². The van der Waals surface area contributed by atoms with Crippen LogP contribution in [-0.2, 0) is 0 Å². The van der Waals surface area contributed by atoms with E-state index in [1.165, 1.54) is 270 Å². The molecule has 340 valence electrons. The van der Waals surface area contributed by atoms with Gasteiger partial charge in [0.25, 0.3) is 0 Å². The second kappa shape index (κ2) is 68.6. The minimum Gasteiger partial charge on any atom is -0.107 e. The summed E-state index contributed by atoms with van der Waals surface area (Å²) in [5.74, 6) is 0. The van der Waals surface area contributed by atoms with Crippen molar-refractivity contribution in [3.8, 4) is 0 Å². The zero-order chi connectivity index (χ0) is 41.4. The van der Waals surface area contributed by atoms with Crippen molar-refractivity contribution >= 4 is 61.2 Å². The highest BCUT2D eigenvalue weighted by molar-refractivity contribution is 15.0. The molecule has 0 fully saturated rings. The molecule has 0 spiro atoms. The van der Waals surface area contributed by atoms with Gasteiger partial charge in [-0.05, 0) is 77.0 Å². The number of unbranched alkanes of at least 4 members (excludes halogenated alkanes) is 38. The van der Waals surface area contributed by atoms with Crippen LogP contribution in [0.4, 0.5) is 0 Å². The van der Waals surface area contributed by atoms with Crippen LogP contribution in [0.1, 0.15) is 284 Å². The second-order valence-corrected chi connectivity index (χ2v) is 16.7. The highest BCUT2D eigenvalue weighted by Crippen LogP contribution is 2.15. The van der Waals surface area contributed by atoms with Gasteiger partial charge in [0.2, 0.25) is 0 Å². The molecule has 0 saturated carbocycles. The molecule has 0 rings (SSSR count).